The number of carboxylic acids is 1. The first-order valence-electron chi connectivity index (χ1n) is 3.08. The maximum absolute atomic E-state index is 9.92. The SMILES string of the molecule is C/C=C(/C)COCC(=O)O. The molecular formula is C7H12O3. The molecule has 0 aromatic carbocycles. The van der Waals surface area contributed by atoms with Crippen molar-refractivity contribution in [3.05, 3.63) is 11.6 Å². The molecule has 0 radical (unpaired) electrons. The van der Waals surface area contributed by atoms with Crippen LogP contribution >= 0.6 is 0 Å². The van der Waals surface area contributed by atoms with Gasteiger partial charge >= 0.3 is 5.97 Å². The van der Waals surface area contributed by atoms with Crippen LogP contribution in [0.4, 0.5) is 0 Å². The summed E-state index contributed by atoms with van der Waals surface area (Å²) in [6.07, 6.45) is 1.89. The van der Waals surface area contributed by atoms with Crippen molar-refractivity contribution in [1.29, 1.82) is 0 Å². The summed E-state index contributed by atoms with van der Waals surface area (Å²) >= 11 is 0. The molecule has 0 saturated heterocycles. The van der Waals surface area contributed by atoms with Gasteiger partial charge in [0.2, 0.25) is 0 Å². The fraction of sp³-hybridized carbons (Fsp3) is 0.571. The van der Waals surface area contributed by atoms with Gasteiger partial charge in [-0.1, -0.05) is 11.6 Å². The highest BCUT2D eigenvalue weighted by atomic mass is 16.5. The van der Waals surface area contributed by atoms with Crippen molar-refractivity contribution in [3.8, 4) is 0 Å². The third-order valence-corrected chi connectivity index (χ3v) is 1.05. The maximum Gasteiger partial charge on any atom is 0.329 e. The molecule has 10 heavy (non-hydrogen) atoms. The van der Waals surface area contributed by atoms with Crippen LogP contribution in [-0.4, -0.2) is 24.3 Å². The quantitative estimate of drug-likeness (QED) is 0.600. The molecule has 0 bridgehead atoms. The molecule has 0 aromatic heterocycles. The van der Waals surface area contributed by atoms with Gasteiger partial charge in [0, 0.05) is 0 Å². The first-order valence-corrected chi connectivity index (χ1v) is 3.08. The molecule has 0 aliphatic carbocycles. The van der Waals surface area contributed by atoms with Crippen LogP contribution in [0.15, 0.2) is 11.6 Å². The molecule has 0 heterocycles. The first kappa shape index (κ1) is 9.17. The second-order valence-corrected chi connectivity index (χ2v) is 2.02. The van der Waals surface area contributed by atoms with Gasteiger partial charge in [0.05, 0.1) is 6.61 Å². The molecule has 3 heteroatoms. The summed E-state index contributed by atoms with van der Waals surface area (Å²) in [6, 6.07) is 0. The predicted molar refractivity (Wildman–Crippen MR) is 37.9 cm³/mol. The molecule has 0 unspecified atom stereocenters. The lowest BCUT2D eigenvalue weighted by atomic mass is 10.3. The van der Waals surface area contributed by atoms with Crippen molar-refractivity contribution in [3.63, 3.8) is 0 Å². The van der Waals surface area contributed by atoms with Gasteiger partial charge in [0.25, 0.3) is 0 Å². The van der Waals surface area contributed by atoms with Crippen LogP contribution in [0.25, 0.3) is 0 Å². The third-order valence-electron chi connectivity index (χ3n) is 1.05. The zero-order chi connectivity index (χ0) is 7.98. The van der Waals surface area contributed by atoms with E-state index in [4.69, 9.17) is 9.84 Å². The van der Waals surface area contributed by atoms with Crippen LogP contribution in [0, 0.1) is 0 Å². The van der Waals surface area contributed by atoms with Gasteiger partial charge in [-0.2, -0.15) is 0 Å². The minimum absolute atomic E-state index is 0.217. The van der Waals surface area contributed by atoms with Gasteiger partial charge in [0.15, 0.2) is 0 Å². The maximum atomic E-state index is 9.92. The van der Waals surface area contributed by atoms with Crippen LogP contribution in [0.2, 0.25) is 0 Å². The van der Waals surface area contributed by atoms with Crippen molar-refractivity contribution in [2.24, 2.45) is 0 Å². The number of carbonyl (C=O) groups is 1. The molecule has 58 valence electrons. The predicted octanol–water partition coefficient (Wildman–Crippen LogP) is 1.05. The molecule has 0 atom stereocenters. The highest BCUT2D eigenvalue weighted by Gasteiger charge is 1.94. The summed E-state index contributed by atoms with van der Waals surface area (Å²) in [5.41, 5.74) is 1.04. The highest BCUT2D eigenvalue weighted by molar-refractivity contribution is 5.68. The van der Waals surface area contributed by atoms with E-state index < -0.39 is 5.97 Å². The zero-order valence-corrected chi connectivity index (χ0v) is 6.26. The Hall–Kier alpha value is -0.830. The summed E-state index contributed by atoms with van der Waals surface area (Å²) in [7, 11) is 0. The monoisotopic (exact) mass is 144 g/mol. The summed E-state index contributed by atoms with van der Waals surface area (Å²) in [4.78, 5) is 9.92. The number of ether oxygens (including phenoxy) is 1. The fourth-order valence-electron chi connectivity index (χ4n) is 0.383. The Labute approximate surface area is 60.3 Å². The third kappa shape index (κ3) is 5.31. The number of hydrogen-bond acceptors (Lipinski definition) is 2. The van der Waals surface area contributed by atoms with Gasteiger partial charge in [-0.15, -0.1) is 0 Å². The van der Waals surface area contributed by atoms with Crippen molar-refractivity contribution >= 4 is 5.97 Å². The second-order valence-electron chi connectivity index (χ2n) is 2.02. The lowest BCUT2D eigenvalue weighted by Crippen LogP contribution is -2.07. The van der Waals surface area contributed by atoms with Gasteiger partial charge < -0.3 is 9.84 Å². The number of carboxylic acid groups (broad SMARTS) is 1. The molecule has 0 aliphatic rings. The van der Waals surface area contributed by atoms with E-state index in [1.807, 2.05) is 19.9 Å². The van der Waals surface area contributed by atoms with E-state index in [-0.39, 0.29) is 6.61 Å². The van der Waals surface area contributed by atoms with E-state index >= 15 is 0 Å². The number of rotatable bonds is 4. The lowest BCUT2D eigenvalue weighted by molar-refractivity contribution is -0.141. The molecular weight excluding hydrogens is 132 g/mol. The van der Waals surface area contributed by atoms with E-state index in [0.29, 0.717) is 6.61 Å². The molecule has 0 rings (SSSR count). The van der Waals surface area contributed by atoms with Crippen LogP contribution in [0.3, 0.4) is 0 Å². The van der Waals surface area contributed by atoms with Gasteiger partial charge in [-0.3, -0.25) is 0 Å². The Bertz CT molecular complexity index is 138. The average molecular weight is 144 g/mol. The molecule has 0 aliphatic heterocycles. The molecule has 0 saturated carbocycles. The van der Waals surface area contributed by atoms with Gasteiger partial charge in [-0.05, 0) is 13.8 Å². The van der Waals surface area contributed by atoms with E-state index in [1.54, 1.807) is 0 Å². The Balaban J connectivity index is 3.29. The molecule has 0 spiro atoms. The minimum Gasteiger partial charge on any atom is -0.480 e. The normalized spacial score (nSPS) is 11.6. The Morgan fingerprint density at radius 1 is 1.60 bits per heavy atom. The fourth-order valence-corrected chi connectivity index (χ4v) is 0.383. The second kappa shape index (κ2) is 4.99. The highest BCUT2D eigenvalue weighted by Crippen LogP contribution is 1.91. The number of hydrogen-bond donors (Lipinski definition) is 1. The van der Waals surface area contributed by atoms with Gasteiger partial charge in [-0.25, -0.2) is 4.79 Å². The first-order chi connectivity index (χ1) is 4.66. The summed E-state index contributed by atoms with van der Waals surface area (Å²) in [6.45, 7) is 3.97. The summed E-state index contributed by atoms with van der Waals surface area (Å²) in [5, 5.41) is 8.15. The van der Waals surface area contributed by atoms with Crippen LogP contribution in [0.5, 0.6) is 0 Å². The van der Waals surface area contributed by atoms with Gasteiger partial charge in [0.1, 0.15) is 6.61 Å². The molecule has 3 nitrogen and oxygen atoms in total. The number of allylic oxidation sites excluding steroid dienone is 1. The van der Waals surface area contributed by atoms with E-state index in [1.165, 1.54) is 0 Å². The average Bonchev–Trinajstić information content (AvgIpc) is 1.87. The van der Waals surface area contributed by atoms with E-state index in [9.17, 15) is 4.79 Å². The van der Waals surface area contributed by atoms with E-state index in [0.717, 1.165) is 5.57 Å². The largest absolute Gasteiger partial charge is 0.480 e. The Morgan fingerprint density at radius 2 is 2.20 bits per heavy atom. The topological polar surface area (TPSA) is 46.5 Å². The molecule has 0 amide bonds. The van der Waals surface area contributed by atoms with Crippen LogP contribution in [-0.2, 0) is 9.53 Å². The smallest absolute Gasteiger partial charge is 0.329 e. The van der Waals surface area contributed by atoms with E-state index in [2.05, 4.69) is 0 Å². The van der Waals surface area contributed by atoms with Crippen molar-refractivity contribution < 1.29 is 14.6 Å². The Kier molecular flexibility index (Phi) is 4.58. The van der Waals surface area contributed by atoms with Crippen LogP contribution < -0.4 is 0 Å². The molecule has 1 N–H and O–H groups in total. The minimum atomic E-state index is -0.927. The summed E-state index contributed by atoms with van der Waals surface area (Å²) in [5.74, 6) is -0.927. The number of aliphatic carboxylic acids is 1. The van der Waals surface area contributed by atoms with Crippen LogP contribution in [0.1, 0.15) is 13.8 Å². The summed E-state index contributed by atoms with van der Waals surface area (Å²) < 4.78 is 4.78. The molecule has 0 aromatic rings. The Morgan fingerprint density at radius 3 is 2.60 bits per heavy atom. The van der Waals surface area contributed by atoms with Crippen molar-refractivity contribution in [1.82, 2.24) is 0 Å². The van der Waals surface area contributed by atoms with Crippen molar-refractivity contribution in [2.45, 2.75) is 13.8 Å². The standard InChI is InChI=1S/C7H12O3/c1-3-6(2)4-10-5-7(8)9/h3H,4-5H2,1-2H3,(H,8,9)/b6-3-. The zero-order valence-electron chi connectivity index (χ0n) is 6.26. The molecule has 0 fully saturated rings. The lowest BCUT2D eigenvalue weighted by Gasteiger charge is -1.98. The van der Waals surface area contributed by atoms with Crippen molar-refractivity contribution in [2.75, 3.05) is 13.2 Å².